The summed E-state index contributed by atoms with van der Waals surface area (Å²) >= 11 is 0. The quantitative estimate of drug-likeness (QED) is 0.241. The highest BCUT2D eigenvalue weighted by Gasteiger charge is 2.20. The molecular formula is C29H36N4O5. The molecule has 202 valence electrons. The molecule has 0 fully saturated rings. The van der Waals surface area contributed by atoms with Crippen molar-refractivity contribution in [1.29, 1.82) is 0 Å². The van der Waals surface area contributed by atoms with Crippen molar-refractivity contribution in [3.63, 3.8) is 0 Å². The van der Waals surface area contributed by atoms with Gasteiger partial charge >= 0.3 is 12.1 Å². The van der Waals surface area contributed by atoms with Crippen molar-refractivity contribution < 1.29 is 23.9 Å². The fourth-order valence-electron chi connectivity index (χ4n) is 3.41. The Balaban J connectivity index is 2.08. The summed E-state index contributed by atoms with van der Waals surface area (Å²) < 4.78 is 9.90. The predicted molar refractivity (Wildman–Crippen MR) is 149 cm³/mol. The number of nitrogens with two attached hydrogens (primary N) is 1. The van der Waals surface area contributed by atoms with Crippen LogP contribution in [0.25, 0.3) is 0 Å². The normalized spacial score (nSPS) is 11.2. The first-order chi connectivity index (χ1) is 17.8. The van der Waals surface area contributed by atoms with Crippen LogP contribution >= 0.6 is 0 Å². The maximum atomic E-state index is 12.5. The predicted octanol–water partition coefficient (Wildman–Crippen LogP) is 4.32. The monoisotopic (exact) mass is 520 g/mol. The molecule has 0 saturated carbocycles. The summed E-state index contributed by atoms with van der Waals surface area (Å²) in [5.41, 5.74) is 9.92. The Morgan fingerprint density at radius 3 is 2.32 bits per heavy atom. The van der Waals surface area contributed by atoms with Gasteiger partial charge in [-0.3, -0.25) is 9.59 Å². The minimum absolute atomic E-state index is 0.0747. The van der Waals surface area contributed by atoms with Gasteiger partial charge in [0.2, 0.25) is 5.91 Å². The number of rotatable bonds is 7. The first kappa shape index (κ1) is 29.9. The zero-order valence-corrected chi connectivity index (χ0v) is 23.1. The molecule has 2 amide bonds. The molecule has 0 aromatic heterocycles. The maximum Gasteiger partial charge on any atom is 0.436 e. The second-order valence-electron chi connectivity index (χ2n) is 9.57. The van der Waals surface area contributed by atoms with Crippen LogP contribution in [0.1, 0.15) is 56.4 Å². The molecule has 9 heteroatoms. The average Bonchev–Trinajstić information content (AvgIpc) is 2.85. The van der Waals surface area contributed by atoms with Gasteiger partial charge in [0.1, 0.15) is 18.0 Å². The zero-order chi connectivity index (χ0) is 28.5. The van der Waals surface area contributed by atoms with E-state index < -0.39 is 17.7 Å². The van der Waals surface area contributed by atoms with E-state index in [0.29, 0.717) is 17.8 Å². The molecule has 3 N–H and O–H groups in total. The Bertz CT molecular complexity index is 1260. The van der Waals surface area contributed by atoms with Crippen molar-refractivity contribution in [3.8, 4) is 11.8 Å². The molecule has 0 saturated heterocycles. The fraction of sp³-hybridized carbons (Fsp3) is 0.379. The molecule has 9 nitrogen and oxygen atoms in total. The second kappa shape index (κ2) is 13.3. The van der Waals surface area contributed by atoms with Crippen LogP contribution in [-0.4, -0.2) is 49.6 Å². The lowest BCUT2D eigenvalue weighted by Crippen LogP contribution is -2.36. The SMILES string of the molecule is CCC(=O)N(CC(=O)OC)c1cc(C)c(C#CCNc2ccc(/C(N)=N\C(=O)OC(C)(C)C)cc2)cc1C. The number of aryl methyl sites for hydroxylation is 2. The molecule has 0 spiro atoms. The third kappa shape index (κ3) is 8.96. The van der Waals surface area contributed by atoms with Crippen LogP contribution in [0.5, 0.6) is 0 Å². The van der Waals surface area contributed by atoms with Crippen LogP contribution in [0.15, 0.2) is 41.4 Å². The molecule has 0 unspecified atom stereocenters. The maximum absolute atomic E-state index is 12.5. The van der Waals surface area contributed by atoms with Gasteiger partial charge in [-0.1, -0.05) is 18.8 Å². The summed E-state index contributed by atoms with van der Waals surface area (Å²) in [6.45, 7) is 11.1. The number of methoxy groups -OCH3 is 1. The van der Waals surface area contributed by atoms with Crippen molar-refractivity contribution in [1.82, 2.24) is 0 Å². The lowest BCUT2D eigenvalue weighted by atomic mass is 10.0. The molecule has 0 aliphatic heterocycles. The second-order valence-corrected chi connectivity index (χ2v) is 9.57. The number of amides is 2. The molecular weight excluding hydrogens is 484 g/mol. The van der Waals surface area contributed by atoms with Gasteiger partial charge in [0.15, 0.2) is 0 Å². The number of nitrogens with one attached hydrogen (secondary N) is 1. The van der Waals surface area contributed by atoms with Gasteiger partial charge in [0, 0.05) is 28.9 Å². The average molecular weight is 521 g/mol. The van der Waals surface area contributed by atoms with Crippen LogP contribution in [-0.2, 0) is 19.1 Å². The van der Waals surface area contributed by atoms with E-state index in [9.17, 15) is 14.4 Å². The molecule has 2 aromatic carbocycles. The molecule has 0 atom stereocenters. The highest BCUT2D eigenvalue weighted by Crippen LogP contribution is 2.25. The van der Waals surface area contributed by atoms with Crippen LogP contribution < -0.4 is 16.0 Å². The van der Waals surface area contributed by atoms with E-state index in [1.54, 1.807) is 39.8 Å². The number of ether oxygens (including phenoxy) is 2. The zero-order valence-electron chi connectivity index (χ0n) is 23.1. The van der Waals surface area contributed by atoms with E-state index in [4.69, 9.17) is 15.2 Å². The number of hydrogen-bond acceptors (Lipinski definition) is 6. The first-order valence-electron chi connectivity index (χ1n) is 12.2. The highest BCUT2D eigenvalue weighted by atomic mass is 16.6. The topological polar surface area (TPSA) is 123 Å². The van der Waals surface area contributed by atoms with Gasteiger partial charge in [-0.15, -0.1) is 0 Å². The summed E-state index contributed by atoms with van der Waals surface area (Å²) in [4.78, 5) is 41.4. The Labute approximate surface area is 224 Å². The van der Waals surface area contributed by atoms with Gasteiger partial charge in [-0.25, -0.2) is 4.79 Å². The number of aliphatic imine (C=N–C) groups is 1. The molecule has 0 heterocycles. The van der Waals surface area contributed by atoms with Crippen molar-refractivity contribution in [2.24, 2.45) is 10.7 Å². The van der Waals surface area contributed by atoms with E-state index in [0.717, 1.165) is 22.4 Å². The Hall–Kier alpha value is -4.32. The molecule has 0 aliphatic rings. The third-order valence-electron chi connectivity index (χ3n) is 5.34. The molecule has 2 rings (SSSR count). The van der Waals surface area contributed by atoms with E-state index in [2.05, 4.69) is 22.2 Å². The van der Waals surface area contributed by atoms with E-state index >= 15 is 0 Å². The highest BCUT2D eigenvalue weighted by molar-refractivity contribution is 6.03. The smallest absolute Gasteiger partial charge is 0.436 e. The number of carbonyl (C=O) groups excluding carboxylic acids is 3. The van der Waals surface area contributed by atoms with Gasteiger partial charge in [0.25, 0.3) is 0 Å². The number of amidine groups is 1. The third-order valence-corrected chi connectivity index (χ3v) is 5.34. The number of anilines is 2. The summed E-state index contributed by atoms with van der Waals surface area (Å²) in [5, 5.41) is 3.22. The number of esters is 1. The molecule has 0 bridgehead atoms. The largest absolute Gasteiger partial charge is 0.468 e. The minimum atomic E-state index is -0.737. The Kier molecular flexibility index (Phi) is 10.5. The van der Waals surface area contributed by atoms with Crippen molar-refractivity contribution in [2.75, 3.05) is 30.4 Å². The van der Waals surface area contributed by atoms with Crippen molar-refractivity contribution in [3.05, 3.63) is 58.7 Å². The summed E-state index contributed by atoms with van der Waals surface area (Å²) in [6.07, 6.45) is -0.466. The number of hydrogen-bond donors (Lipinski definition) is 2. The van der Waals surface area contributed by atoms with Crippen LogP contribution in [0, 0.1) is 25.7 Å². The van der Waals surface area contributed by atoms with Crippen LogP contribution in [0.4, 0.5) is 16.2 Å². The van der Waals surface area contributed by atoms with Gasteiger partial charge < -0.3 is 25.4 Å². The Morgan fingerprint density at radius 2 is 1.74 bits per heavy atom. The summed E-state index contributed by atoms with van der Waals surface area (Å²) in [5.74, 6) is 5.69. The number of nitrogens with zero attached hydrogens (tertiary/aromatic N) is 2. The van der Waals surface area contributed by atoms with Gasteiger partial charge in [0.05, 0.1) is 13.7 Å². The Morgan fingerprint density at radius 1 is 1.08 bits per heavy atom. The van der Waals surface area contributed by atoms with Crippen LogP contribution in [0.2, 0.25) is 0 Å². The minimum Gasteiger partial charge on any atom is -0.468 e. The molecule has 38 heavy (non-hydrogen) atoms. The van der Waals surface area contributed by atoms with Gasteiger partial charge in [-0.2, -0.15) is 4.99 Å². The molecule has 0 radical (unpaired) electrons. The first-order valence-corrected chi connectivity index (χ1v) is 12.2. The summed E-state index contributed by atoms with van der Waals surface area (Å²) in [7, 11) is 1.30. The lowest BCUT2D eigenvalue weighted by molar-refractivity contribution is -0.140. The van der Waals surface area contributed by atoms with E-state index in [1.165, 1.54) is 12.0 Å². The summed E-state index contributed by atoms with van der Waals surface area (Å²) in [6, 6.07) is 10.9. The molecule has 2 aromatic rings. The number of carbonyl (C=O) groups is 3. The van der Waals surface area contributed by atoms with Gasteiger partial charge in [-0.05, 0) is 82.1 Å². The van der Waals surface area contributed by atoms with E-state index in [-0.39, 0.29) is 24.7 Å². The molecule has 0 aliphatic carbocycles. The van der Waals surface area contributed by atoms with E-state index in [1.807, 2.05) is 38.1 Å². The number of benzene rings is 2. The lowest BCUT2D eigenvalue weighted by Gasteiger charge is -2.24. The van der Waals surface area contributed by atoms with Crippen LogP contribution in [0.3, 0.4) is 0 Å². The van der Waals surface area contributed by atoms with Crippen molar-refractivity contribution in [2.45, 2.75) is 53.6 Å². The standard InChI is InChI=1S/C29H36N4O5/c1-8-25(34)33(18-26(35)37-7)24-17-19(2)22(16-20(24)3)10-9-15-31-23-13-11-21(12-14-23)27(30)32-28(36)38-29(4,5)6/h11-14,16-17,31H,8,15,18H2,1-7H3,(H2,30,32,36). The fourth-order valence-corrected chi connectivity index (χ4v) is 3.41. The van der Waals surface area contributed by atoms with Crippen molar-refractivity contribution >= 4 is 35.2 Å².